The Morgan fingerprint density at radius 1 is 1.35 bits per heavy atom. The van der Waals surface area contributed by atoms with Crippen LogP contribution in [0.1, 0.15) is 30.6 Å². The van der Waals surface area contributed by atoms with E-state index in [-0.39, 0.29) is 24.1 Å². The summed E-state index contributed by atoms with van der Waals surface area (Å²) in [6, 6.07) is 10.4. The van der Waals surface area contributed by atoms with E-state index in [1.807, 2.05) is 31.2 Å². The summed E-state index contributed by atoms with van der Waals surface area (Å²) in [6.45, 7) is 2.01. The topological polar surface area (TPSA) is 42.4 Å². The van der Waals surface area contributed by atoms with Crippen molar-refractivity contribution in [3.05, 3.63) is 59.7 Å². The summed E-state index contributed by atoms with van der Waals surface area (Å²) in [6.07, 6.45) is 2.19. The first-order chi connectivity index (χ1) is 11.1. The molecule has 1 aromatic carbocycles. The Kier molecular flexibility index (Phi) is 5.68. The highest BCUT2D eigenvalue weighted by atomic mass is 19.1. The second-order valence-electron chi connectivity index (χ2n) is 5.31. The van der Waals surface area contributed by atoms with Crippen LogP contribution >= 0.6 is 0 Å². The van der Waals surface area contributed by atoms with E-state index in [1.165, 1.54) is 18.3 Å². The summed E-state index contributed by atoms with van der Waals surface area (Å²) in [5.74, 6) is 0.124. The lowest BCUT2D eigenvalue weighted by Crippen LogP contribution is -2.32. The van der Waals surface area contributed by atoms with Crippen LogP contribution in [0.2, 0.25) is 0 Å². The van der Waals surface area contributed by atoms with Gasteiger partial charge in [0.2, 0.25) is 5.91 Å². The number of aromatic nitrogens is 1. The smallest absolute Gasteiger partial charge is 0.228 e. The maximum absolute atomic E-state index is 13.7. The third-order valence-electron chi connectivity index (χ3n) is 3.88. The first-order valence-corrected chi connectivity index (χ1v) is 7.55. The lowest BCUT2D eigenvalue weighted by atomic mass is 10.0. The molecule has 0 radical (unpaired) electrons. The Morgan fingerprint density at radius 2 is 2.13 bits per heavy atom. The second-order valence-corrected chi connectivity index (χ2v) is 5.31. The maximum atomic E-state index is 13.7. The highest BCUT2D eigenvalue weighted by Gasteiger charge is 2.22. The molecule has 0 N–H and O–H groups in total. The average molecular weight is 316 g/mol. The zero-order valence-electron chi connectivity index (χ0n) is 13.6. The predicted octanol–water partition coefficient (Wildman–Crippen LogP) is 3.38. The van der Waals surface area contributed by atoms with Crippen molar-refractivity contribution in [1.82, 2.24) is 9.88 Å². The Labute approximate surface area is 135 Å². The molecule has 23 heavy (non-hydrogen) atoms. The monoisotopic (exact) mass is 316 g/mol. The molecule has 0 saturated heterocycles. The van der Waals surface area contributed by atoms with Gasteiger partial charge in [0.15, 0.2) is 0 Å². The zero-order valence-corrected chi connectivity index (χ0v) is 13.6. The van der Waals surface area contributed by atoms with Gasteiger partial charge in [-0.15, -0.1) is 0 Å². The molecule has 0 fully saturated rings. The van der Waals surface area contributed by atoms with E-state index in [4.69, 9.17) is 4.74 Å². The number of carbonyl (C=O) groups excluding carboxylic acids is 1. The van der Waals surface area contributed by atoms with Crippen LogP contribution in [0.3, 0.4) is 0 Å². The maximum Gasteiger partial charge on any atom is 0.228 e. The highest BCUT2D eigenvalue weighted by molar-refractivity contribution is 5.78. The van der Waals surface area contributed by atoms with Crippen LogP contribution in [-0.4, -0.2) is 29.9 Å². The fourth-order valence-corrected chi connectivity index (χ4v) is 2.57. The first kappa shape index (κ1) is 16.9. The van der Waals surface area contributed by atoms with E-state index in [0.29, 0.717) is 0 Å². The summed E-state index contributed by atoms with van der Waals surface area (Å²) in [5, 5.41) is 0. The molecule has 2 aromatic rings. The van der Waals surface area contributed by atoms with Crippen LogP contribution in [-0.2, 0) is 11.2 Å². The molecule has 1 atom stereocenters. The summed E-state index contributed by atoms with van der Waals surface area (Å²) >= 11 is 0. The number of carbonyl (C=O) groups is 1. The standard InChI is InChI=1S/C18H21FN2O2/c1-4-17(13-7-5-8-14(11-13)23-3)21(2)18(22)12-16-15(19)9-6-10-20-16/h5-11,17H,4,12H2,1-3H3. The quantitative estimate of drug-likeness (QED) is 0.820. The number of likely N-dealkylation sites (N-methyl/N-ethyl adjacent to an activating group) is 1. The van der Waals surface area contributed by atoms with E-state index in [9.17, 15) is 9.18 Å². The van der Waals surface area contributed by atoms with Crippen molar-refractivity contribution in [1.29, 1.82) is 0 Å². The van der Waals surface area contributed by atoms with Crippen molar-refractivity contribution in [2.24, 2.45) is 0 Å². The van der Waals surface area contributed by atoms with E-state index in [1.54, 1.807) is 19.1 Å². The number of nitrogens with zero attached hydrogens (tertiary/aromatic N) is 2. The lowest BCUT2D eigenvalue weighted by molar-refractivity contribution is -0.131. The molecule has 122 valence electrons. The van der Waals surface area contributed by atoms with Crippen molar-refractivity contribution >= 4 is 5.91 Å². The normalized spacial score (nSPS) is 11.8. The molecule has 1 unspecified atom stereocenters. The van der Waals surface area contributed by atoms with Gasteiger partial charge in [0.25, 0.3) is 0 Å². The number of halogens is 1. The molecule has 0 saturated carbocycles. The minimum absolute atomic E-state index is 0.0519. The third-order valence-corrected chi connectivity index (χ3v) is 3.88. The lowest BCUT2D eigenvalue weighted by Gasteiger charge is -2.28. The van der Waals surface area contributed by atoms with Gasteiger partial charge in [0.1, 0.15) is 11.6 Å². The Balaban J connectivity index is 2.17. The summed E-state index contributed by atoms with van der Waals surface area (Å²) < 4.78 is 18.9. The largest absolute Gasteiger partial charge is 0.497 e. The van der Waals surface area contributed by atoms with Crippen LogP contribution in [0.25, 0.3) is 0 Å². The number of amides is 1. The molecule has 0 aliphatic heterocycles. The minimum Gasteiger partial charge on any atom is -0.497 e. The Hall–Kier alpha value is -2.43. The zero-order chi connectivity index (χ0) is 16.8. The van der Waals surface area contributed by atoms with E-state index < -0.39 is 5.82 Å². The van der Waals surface area contributed by atoms with Crippen LogP contribution in [0.4, 0.5) is 4.39 Å². The minimum atomic E-state index is -0.455. The third kappa shape index (κ3) is 4.06. The molecule has 1 amide bonds. The molecule has 0 aliphatic carbocycles. The van der Waals surface area contributed by atoms with Gasteiger partial charge in [0.05, 0.1) is 25.3 Å². The van der Waals surface area contributed by atoms with Gasteiger partial charge >= 0.3 is 0 Å². The van der Waals surface area contributed by atoms with E-state index in [0.717, 1.165) is 17.7 Å². The summed E-state index contributed by atoms with van der Waals surface area (Å²) in [4.78, 5) is 18.1. The van der Waals surface area contributed by atoms with Crippen LogP contribution in [0, 0.1) is 5.82 Å². The van der Waals surface area contributed by atoms with Gasteiger partial charge in [-0.3, -0.25) is 9.78 Å². The van der Waals surface area contributed by atoms with Crippen LogP contribution < -0.4 is 4.74 Å². The predicted molar refractivity (Wildman–Crippen MR) is 86.7 cm³/mol. The molecule has 5 heteroatoms. The van der Waals surface area contributed by atoms with Crippen molar-refractivity contribution in [3.63, 3.8) is 0 Å². The van der Waals surface area contributed by atoms with Crippen LogP contribution in [0.15, 0.2) is 42.6 Å². The summed E-state index contributed by atoms with van der Waals surface area (Å²) in [7, 11) is 3.34. The fourth-order valence-electron chi connectivity index (χ4n) is 2.57. The van der Waals surface area contributed by atoms with Gasteiger partial charge in [0, 0.05) is 13.2 Å². The molecular weight excluding hydrogens is 295 g/mol. The van der Waals surface area contributed by atoms with E-state index in [2.05, 4.69) is 4.98 Å². The van der Waals surface area contributed by atoms with Gasteiger partial charge in [-0.25, -0.2) is 4.39 Å². The van der Waals surface area contributed by atoms with Crippen molar-refractivity contribution in [2.45, 2.75) is 25.8 Å². The molecular formula is C18H21FN2O2. The van der Waals surface area contributed by atoms with Crippen LogP contribution in [0.5, 0.6) is 5.75 Å². The Morgan fingerprint density at radius 3 is 2.78 bits per heavy atom. The number of rotatable bonds is 6. The SMILES string of the molecule is CCC(c1cccc(OC)c1)N(C)C(=O)Cc1ncccc1F. The molecule has 0 spiro atoms. The number of hydrogen-bond acceptors (Lipinski definition) is 3. The number of ether oxygens (including phenoxy) is 1. The second kappa shape index (κ2) is 7.72. The fraction of sp³-hybridized carbons (Fsp3) is 0.333. The van der Waals surface area contributed by atoms with Gasteiger partial charge < -0.3 is 9.64 Å². The average Bonchev–Trinajstić information content (AvgIpc) is 2.57. The van der Waals surface area contributed by atoms with Crippen molar-refractivity contribution < 1.29 is 13.9 Å². The number of hydrogen-bond donors (Lipinski definition) is 0. The number of benzene rings is 1. The van der Waals surface area contributed by atoms with Gasteiger partial charge in [-0.1, -0.05) is 19.1 Å². The highest BCUT2D eigenvalue weighted by Crippen LogP contribution is 2.26. The van der Waals surface area contributed by atoms with E-state index >= 15 is 0 Å². The molecule has 2 rings (SSSR count). The van der Waals surface area contributed by atoms with Gasteiger partial charge in [-0.2, -0.15) is 0 Å². The molecule has 0 aliphatic rings. The van der Waals surface area contributed by atoms with Crippen molar-refractivity contribution in [3.8, 4) is 5.75 Å². The molecule has 0 bridgehead atoms. The van der Waals surface area contributed by atoms with Gasteiger partial charge in [-0.05, 0) is 36.2 Å². The Bertz CT molecular complexity index is 676. The molecule has 1 aromatic heterocycles. The molecule has 1 heterocycles. The number of pyridine rings is 1. The summed E-state index contributed by atoms with van der Waals surface area (Å²) in [5.41, 5.74) is 1.16. The molecule has 4 nitrogen and oxygen atoms in total. The van der Waals surface area contributed by atoms with Crippen molar-refractivity contribution in [2.75, 3.05) is 14.2 Å². The number of methoxy groups -OCH3 is 1. The first-order valence-electron chi connectivity index (χ1n) is 7.55.